The SMILES string of the molecule is CC(C)[C@H]1CC2(CCN(S(=O)(=O)C3CCN(C(=O)COc4ccccc4)CC3)CC2)[C@@H](Cc2ccccc2)O[C@@H]1c1cc(Oc2ccccc2)ccc1OCC(=O)O. The second kappa shape index (κ2) is 18.3. The molecule has 3 saturated heterocycles. The van der Waals surface area contributed by atoms with Crippen LogP contribution in [0.1, 0.15) is 63.2 Å². The third-order valence-electron chi connectivity index (χ3n) is 12.2. The van der Waals surface area contributed by atoms with Gasteiger partial charge >= 0.3 is 5.97 Å². The Bertz CT molecular complexity index is 2080. The number of sulfonamides is 1. The molecule has 1 N–H and O–H groups in total. The van der Waals surface area contributed by atoms with Crippen molar-refractivity contribution in [1.82, 2.24) is 9.21 Å². The van der Waals surface area contributed by atoms with E-state index in [0.717, 1.165) is 17.5 Å². The minimum Gasteiger partial charge on any atom is -0.484 e. The van der Waals surface area contributed by atoms with Gasteiger partial charge in [-0.05, 0) is 104 Å². The highest BCUT2D eigenvalue weighted by atomic mass is 32.2. The predicted octanol–water partition coefficient (Wildman–Crippen LogP) is 7.77. The highest BCUT2D eigenvalue weighted by molar-refractivity contribution is 7.89. The molecule has 0 bridgehead atoms. The lowest BCUT2D eigenvalue weighted by Gasteiger charge is -2.54. The highest BCUT2D eigenvalue weighted by Gasteiger charge is 2.52. The van der Waals surface area contributed by atoms with Gasteiger partial charge < -0.3 is 29.0 Å². The van der Waals surface area contributed by atoms with Crippen LogP contribution in [0.3, 0.4) is 0 Å². The standard InChI is InChI=1S/C46H54N2O9S/c1-33(2)40-30-46(22-26-48(27-23-46)58(52,53)38-20-24-47(25-21-38)43(49)31-54-35-14-8-4-9-15-35)42(28-34-12-6-3-7-13-34)57-45(40)39-29-37(56-36-16-10-5-11-17-36)18-19-41(39)55-32-44(50)51/h3-19,29,33,38,40,42,45H,20-28,30-32H2,1-2H3,(H,50,51)/t40-,42-,45-/m1/s1. The van der Waals surface area contributed by atoms with Gasteiger partial charge in [0.1, 0.15) is 23.0 Å². The number of aliphatic carboxylic acids is 1. The zero-order valence-corrected chi connectivity index (χ0v) is 34.1. The number of piperidine rings is 2. The van der Waals surface area contributed by atoms with Gasteiger partial charge in [-0.3, -0.25) is 4.79 Å². The van der Waals surface area contributed by atoms with Crippen LogP contribution in [0, 0.1) is 17.3 Å². The fourth-order valence-corrected chi connectivity index (χ4v) is 10.8. The molecule has 11 nitrogen and oxygen atoms in total. The maximum absolute atomic E-state index is 14.2. The largest absolute Gasteiger partial charge is 0.484 e. The lowest BCUT2D eigenvalue weighted by Crippen LogP contribution is -2.56. The number of carbonyl (C=O) groups is 2. The number of nitrogens with zero attached hydrogens (tertiary/aromatic N) is 2. The van der Waals surface area contributed by atoms with Crippen molar-refractivity contribution in [3.8, 4) is 23.0 Å². The number of benzene rings is 4. The Morgan fingerprint density at radius 2 is 1.41 bits per heavy atom. The van der Waals surface area contributed by atoms with E-state index in [4.69, 9.17) is 18.9 Å². The molecule has 58 heavy (non-hydrogen) atoms. The number of para-hydroxylation sites is 2. The minimum atomic E-state index is -3.61. The van der Waals surface area contributed by atoms with Crippen LogP contribution in [-0.2, 0) is 30.8 Å². The second-order valence-electron chi connectivity index (χ2n) is 16.1. The van der Waals surface area contributed by atoms with Gasteiger partial charge in [0.15, 0.2) is 13.2 Å². The Hall–Kier alpha value is -4.91. The quantitative estimate of drug-likeness (QED) is 0.136. The van der Waals surface area contributed by atoms with Crippen LogP contribution in [0.15, 0.2) is 109 Å². The zero-order valence-electron chi connectivity index (χ0n) is 33.3. The van der Waals surface area contributed by atoms with E-state index in [1.165, 1.54) is 0 Å². The van der Waals surface area contributed by atoms with E-state index >= 15 is 0 Å². The first-order chi connectivity index (χ1) is 28.0. The summed E-state index contributed by atoms with van der Waals surface area (Å²) in [5, 5.41) is 8.99. The van der Waals surface area contributed by atoms with E-state index in [9.17, 15) is 23.1 Å². The molecule has 3 aliphatic rings. The number of carbonyl (C=O) groups excluding carboxylic acids is 1. The van der Waals surface area contributed by atoms with Crippen molar-refractivity contribution in [2.75, 3.05) is 39.4 Å². The number of hydrogen-bond donors (Lipinski definition) is 1. The molecule has 7 rings (SSSR count). The molecule has 12 heteroatoms. The molecular formula is C46H54N2O9S. The van der Waals surface area contributed by atoms with Gasteiger partial charge in [-0.2, -0.15) is 0 Å². The number of carboxylic acid groups (broad SMARTS) is 1. The number of likely N-dealkylation sites (tertiary alicyclic amines) is 1. The molecule has 0 aromatic heterocycles. The first kappa shape index (κ1) is 41.3. The smallest absolute Gasteiger partial charge is 0.341 e. The van der Waals surface area contributed by atoms with Crippen molar-refractivity contribution in [1.29, 1.82) is 0 Å². The highest BCUT2D eigenvalue weighted by Crippen LogP contribution is 2.55. The van der Waals surface area contributed by atoms with Crippen LogP contribution in [0.2, 0.25) is 0 Å². The van der Waals surface area contributed by atoms with Crippen molar-refractivity contribution in [2.24, 2.45) is 17.3 Å². The molecule has 0 radical (unpaired) electrons. The van der Waals surface area contributed by atoms with E-state index in [-0.39, 0.29) is 35.9 Å². The van der Waals surface area contributed by atoms with E-state index in [2.05, 4.69) is 26.0 Å². The molecule has 3 atom stereocenters. The number of rotatable bonds is 14. The van der Waals surface area contributed by atoms with Crippen LogP contribution < -0.4 is 14.2 Å². The fourth-order valence-electron chi connectivity index (χ4n) is 8.90. The third-order valence-corrected chi connectivity index (χ3v) is 14.6. The average Bonchev–Trinajstić information content (AvgIpc) is 3.24. The Balaban J connectivity index is 1.09. The van der Waals surface area contributed by atoms with E-state index in [1.54, 1.807) is 33.5 Å². The average molecular weight is 811 g/mol. The summed E-state index contributed by atoms with van der Waals surface area (Å²) in [5.41, 5.74) is 1.56. The Morgan fingerprint density at radius 3 is 2.03 bits per heavy atom. The Labute approximate surface area is 341 Å². The summed E-state index contributed by atoms with van der Waals surface area (Å²) in [4.78, 5) is 26.3. The number of carboxylic acids is 1. The summed E-state index contributed by atoms with van der Waals surface area (Å²) < 4.78 is 55.2. The van der Waals surface area contributed by atoms with Gasteiger partial charge in [0.05, 0.1) is 17.5 Å². The fraction of sp³-hybridized carbons (Fsp3) is 0.435. The molecule has 0 aliphatic carbocycles. The molecule has 4 aromatic rings. The van der Waals surface area contributed by atoms with Crippen molar-refractivity contribution in [3.63, 3.8) is 0 Å². The third kappa shape index (κ3) is 9.68. The lowest BCUT2D eigenvalue weighted by atomic mass is 9.62. The van der Waals surface area contributed by atoms with Crippen molar-refractivity contribution in [2.45, 2.75) is 69.8 Å². The van der Waals surface area contributed by atoms with Crippen LogP contribution >= 0.6 is 0 Å². The maximum atomic E-state index is 14.2. The van der Waals surface area contributed by atoms with Crippen LogP contribution in [0.4, 0.5) is 0 Å². The number of ether oxygens (including phenoxy) is 4. The molecule has 4 aromatic carbocycles. The summed E-state index contributed by atoms with van der Waals surface area (Å²) in [6, 6.07) is 34.3. The van der Waals surface area contributed by atoms with Crippen LogP contribution in [-0.4, -0.2) is 85.4 Å². The normalized spacial score (nSPS) is 21.4. The van der Waals surface area contributed by atoms with Crippen LogP contribution in [0.25, 0.3) is 0 Å². The molecule has 0 saturated carbocycles. The van der Waals surface area contributed by atoms with Gasteiger partial charge in [0, 0.05) is 31.7 Å². The number of amides is 1. The zero-order chi connectivity index (χ0) is 40.7. The minimum absolute atomic E-state index is 0.0158. The lowest BCUT2D eigenvalue weighted by molar-refractivity contribution is -0.182. The molecule has 1 spiro atoms. The monoisotopic (exact) mass is 810 g/mol. The van der Waals surface area contributed by atoms with Crippen molar-refractivity contribution in [3.05, 3.63) is 120 Å². The Kier molecular flexibility index (Phi) is 13.0. The van der Waals surface area contributed by atoms with Crippen LogP contribution in [0.5, 0.6) is 23.0 Å². The maximum Gasteiger partial charge on any atom is 0.341 e. The Morgan fingerprint density at radius 1 is 0.793 bits per heavy atom. The first-order valence-corrected chi connectivity index (χ1v) is 21.9. The van der Waals surface area contributed by atoms with Gasteiger partial charge in [-0.25, -0.2) is 17.5 Å². The molecule has 1 amide bonds. The van der Waals surface area contributed by atoms with E-state index < -0.39 is 34.0 Å². The van der Waals surface area contributed by atoms with Crippen molar-refractivity contribution >= 4 is 21.9 Å². The summed E-state index contributed by atoms with van der Waals surface area (Å²) in [7, 11) is -3.61. The van der Waals surface area contributed by atoms with Gasteiger partial charge in [-0.1, -0.05) is 80.6 Å². The first-order valence-electron chi connectivity index (χ1n) is 20.4. The molecule has 3 fully saturated rings. The van der Waals surface area contributed by atoms with Crippen molar-refractivity contribution < 1.29 is 42.1 Å². The summed E-state index contributed by atoms with van der Waals surface area (Å²) >= 11 is 0. The topological polar surface area (TPSA) is 132 Å². The predicted molar refractivity (Wildman–Crippen MR) is 220 cm³/mol. The molecular weight excluding hydrogens is 757 g/mol. The number of hydrogen-bond acceptors (Lipinski definition) is 8. The second-order valence-corrected chi connectivity index (χ2v) is 18.3. The van der Waals surface area contributed by atoms with E-state index in [1.807, 2.05) is 72.8 Å². The molecule has 3 aliphatic heterocycles. The van der Waals surface area contributed by atoms with Gasteiger partial charge in [0.2, 0.25) is 10.0 Å². The summed E-state index contributed by atoms with van der Waals surface area (Å²) in [6.45, 7) is 5.32. The molecule has 308 valence electrons. The van der Waals surface area contributed by atoms with Gasteiger partial charge in [0.25, 0.3) is 5.91 Å². The molecule has 0 unspecified atom stereocenters. The molecule has 3 heterocycles. The van der Waals surface area contributed by atoms with Gasteiger partial charge in [-0.15, -0.1) is 0 Å². The summed E-state index contributed by atoms with van der Waals surface area (Å²) in [5.74, 6) is 1.30. The summed E-state index contributed by atoms with van der Waals surface area (Å²) in [6.07, 6.45) is 2.82. The van der Waals surface area contributed by atoms with E-state index in [0.29, 0.717) is 81.3 Å².